The summed E-state index contributed by atoms with van der Waals surface area (Å²) in [6, 6.07) is 0. The molecule has 0 heterocycles. The van der Waals surface area contributed by atoms with Crippen LogP contribution in [-0.2, 0) is 0 Å². The molecule has 0 aliphatic rings. The molecule has 0 rings (SSSR count). The molecule has 0 aromatic carbocycles. The zero-order chi connectivity index (χ0) is 10.6. The van der Waals surface area contributed by atoms with Gasteiger partial charge in [0.2, 0.25) is 0 Å². The summed E-state index contributed by atoms with van der Waals surface area (Å²) in [5, 5.41) is 8.53. The van der Waals surface area contributed by atoms with E-state index in [1.165, 1.54) is 0 Å². The molecule has 0 aromatic heterocycles. The number of unbranched alkanes of at least 4 members (excludes halogenated alkanes) is 3. The third kappa shape index (κ3) is 9.00. The molecule has 0 saturated heterocycles. The van der Waals surface area contributed by atoms with Gasteiger partial charge in [-0.2, -0.15) is 0 Å². The molecule has 3 heteroatoms. The molecule has 3 N–H and O–H groups in total. The minimum Gasteiger partial charge on any atom is -0.399 e. The van der Waals surface area contributed by atoms with Crippen molar-refractivity contribution < 1.29 is 5.11 Å². The van der Waals surface area contributed by atoms with Crippen LogP contribution in [0.25, 0.3) is 0 Å². The van der Waals surface area contributed by atoms with E-state index < -0.39 is 0 Å². The predicted molar refractivity (Wildman–Crippen MR) is 61.4 cm³/mol. The Morgan fingerprint density at radius 3 is 2.64 bits per heavy atom. The number of nitrogens with two attached hydrogens (primary N) is 1. The summed E-state index contributed by atoms with van der Waals surface area (Å²) in [4.78, 5) is 4.17. The van der Waals surface area contributed by atoms with E-state index in [0.717, 1.165) is 32.2 Å². The molecular formula is C11H20N2O. The fourth-order valence-corrected chi connectivity index (χ4v) is 0.950. The molecule has 0 radical (unpaired) electrons. The molecule has 0 saturated carbocycles. The minimum atomic E-state index is 0.294. The van der Waals surface area contributed by atoms with Crippen molar-refractivity contribution in [2.45, 2.75) is 25.7 Å². The van der Waals surface area contributed by atoms with Crippen LogP contribution in [0.3, 0.4) is 0 Å². The quantitative estimate of drug-likeness (QED) is 0.352. The van der Waals surface area contributed by atoms with Gasteiger partial charge in [-0.1, -0.05) is 19.4 Å². The van der Waals surface area contributed by atoms with Crippen LogP contribution < -0.4 is 5.73 Å². The first-order valence-corrected chi connectivity index (χ1v) is 5.00. The number of hydrogen-bond acceptors (Lipinski definition) is 3. The van der Waals surface area contributed by atoms with Crippen LogP contribution >= 0.6 is 0 Å². The van der Waals surface area contributed by atoms with Gasteiger partial charge < -0.3 is 10.8 Å². The van der Waals surface area contributed by atoms with Crippen LogP contribution in [0.5, 0.6) is 0 Å². The molecule has 0 aliphatic carbocycles. The predicted octanol–water partition coefficient (Wildman–Crippen LogP) is 1.64. The van der Waals surface area contributed by atoms with Gasteiger partial charge in [-0.3, -0.25) is 4.99 Å². The minimum absolute atomic E-state index is 0.294. The maximum absolute atomic E-state index is 8.53. The third-order valence-electron chi connectivity index (χ3n) is 1.80. The Bertz CT molecular complexity index is 197. The van der Waals surface area contributed by atoms with Crippen LogP contribution in [0.1, 0.15) is 25.7 Å². The molecule has 80 valence electrons. The highest BCUT2D eigenvalue weighted by atomic mass is 16.2. The number of aliphatic hydroxyl groups excluding tert-OH is 1. The number of aliphatic imine (C=N–C) groups is 1. The lowest BCUT2D eigenvalue weighted by Gasteiger charge is -1.95. The van der Waals surface area contributed by atoms with E-state index in [0.29, 0.717) is 12.3 Å². The second-order valence-corrected chi connectivity index (χ2v) is 3.06. The van der Waals surface area contributed by atoms with Gasteiger partial charge in [0.25, 0.3) is 0 Å². The summed E-state index contributed by atoms with van der Waals surface area (Å²) >= 11 is 0. The lowest BCUT2D eigenvalue weighted by molar-refractivity contribution is 0.282. The zero-order valence-corrected chi connectivity index (χ0v) is 8.65. The highest BCUT2D eigenvalue weighted by Gasteiger charge is 1.86. The van der Waals surface area contributed by atoms with Crippen molar-refractivity contribution in [1.29, 1.82) is 0 Å². The van der Waals surface area contributed by atoms with Gasteiger partial charge in [0.1, 0.15) is 0 Å². The SMILES string of the molecule is C=C/C(N)=C\C=NCCCCCCO. The van der Waals surface area contributed by atoms with Crippen molar-refractivity contribution in [3.05, 3.63) is 24.4 Å². The third-order valence-corrected chi connectivity index (χ3v) is 1.80. The first-order valence-electron chi connectivity index (χ1n) is 5.00. The van der Waals surface area contributed by atoms with Gasteiger partial charge in [-0.15, -0.1) is 0 Å². The van der Waals surface area contributed by atoms with Gasteiger partial charge in [0, 0.05) is 25.1 Å². The number of hydrogen-bond donors (Lipinski definition) is 2. The number of rotatable bonds is 8. The van der Waals surface area contributed by atoms with Crippen LogP contribution in [-0.4, -0.2) is 24.5 Å². The smallest absolute Gasteiger partial charge is 0.0431 e. The molecular weight excluding hydrogens is 176 g/mol. The van der Waals surface area contributed by atoms with Crippen molar-refractivity contribution in [3.63, 3.8) is 0 Å². The molecule has 0 atom stereocenters. The topological polar surface area (TPSA) is 58.6 Å². The molecule has 0 bridgehead atoms. The Hall–Kier alpha value is -1.09. The lowest BCUT2D eigenvalue weighted by atomic mass is 10.2. The van der Waals surface area contributed by atoms with Crippen LogP contribution in [0.15, 0.2) is 29.4 Å². The monoisotopic (exact) mass is 196 g/mol. The van der Waals surface area contributed by atoms with E-state index in [4.69, 9.17) is 10.8 Å². The average molecular weight is 196 g/mol. The van der Waals surface area contributed by atoms with Crippen molar-refractivity contribution in [1.82, 2.24) is 0 Å². The first-order chi connectivity index (χ1) is 6.81. The van der Waals surface area contributed by atoms with Crippen LogP contribution in [0, 0.1) is 0 Å². The number of allylic oxidation sites excluding steroid dienone is 2. The average Bonchev–Trinajstić information content (AvgIpc) is 2.21. The lowest BCUT2D eigenvalue weighted by Crippen LogP contribution is -1.92. The van der Waals surface area contributed by atoms with E-state index in [1.807, 2.05) is 0 Å². The van der Waals surface area contributed by atoms with Crippen molar-refractivity contribution in [2.24, 2.45) is 10.7 Å². The first kappa shape index (κ1) is 12.9. The fourth-order valence-electron chi connectivity index (χ4n) is 0.950. The Balaban J connectivity index is 3.31. The van der Waals surface area contributed by atoms with Crippen molar-refractivity contribution in [3.8, 4) is 0 Å². The van der Waals surface area contributed by atoms with Gasteiger partial charge >= 0.3 is 0 Å². The molecule has 0 fully saturated rings. The summed E-state index contributed by atoms with van der Waals surface area (Å²) in [5.41, 5.74) is 6.11. The molecule has 0 unspecified atom stereocenters. The second-order valence-electron chi connectivity index (χ2n) is 3.06. The molecule has 14 heavy (non-hydrogen) atoms. The van der Waals surface area contributed by atoms with Crippen LogP contribution in [0.2, 0.25) is 0 Å². The van der Waals surface area contributed by atoms with E-state index >= 15 is 0 Å². The highest BCUT2D eigenvalue weighted by molar-refractivity contribution is 5.72. The second kappa shape index (κ2) is 9.99. The molecule has 0 amide bonds. The fraction of sp³-hybridized carbons (Fsp3) is 0.545. The standard InChI is InChI=1S/C11H20N2O/c1-2-11(12)7-9-13-8-5-3-4-6-10-14/h2,7,9,14H,1,3-6,8,10,12H2/b11-7+,13-9?. The Morgan fingerprint density at radius 1 is 1.29 bits per heavy atom. The Kier molecular flexibility index (Phi) is 9.22. The van der Waals surface area contributed by atoms with Gasteiger partial charge in [0.05, 0.1) is 0 Å². The maximum Gasteiger partial charge on any atom is 0.0431 e. The van der Waals surface area contributed by atoms with E-state index in [-0.39, 0.29) is 0 Å². The molecule has 0 spiro atoms. The normalized spacial score (nSPS) is 12.2. The zero-order valence-electron chi connectivity index (χ0n) is 8.65. The van der Waals surface area contributed by atoms with E-state index in [1.54, 1.807) is 18.4 Å². The van der Waals surface area contributed by atoms with Gasteiger partial charge in [-0.05, 0) is 25.0 Å². The summed E-state index contributed by atoms with van der Waals surface area (Å²) in [7, 11) is 0. The number of aliphatic hydroxyl groups is 1. The number of nitrogens with zero attached hydrogens (tertiary/aromatic N) is 1. The summed E-state index contributed by atoms with van der Waals surface area (Å²) in [6.07, 6.45) is 9.21. The molecule has 0 aliphatic heterocycles. The summed E-state index contributed by atoms with van der Waals surface area (Å²) < 4.78 is 0. The van der Waals surface area contributed by atoms with E-state index in [2.05, 4.69) is 11.6 Å². The van der Waals surface area contributed by atoms with Crippen molar-refractivity contribution >= 4 is 6.21 Å². The maximum atomic E-state index is 8.53. The van der Waals surface area contributed by atoms with Crippen molar-refractivity contribution in [2.75, 3.05) is 13.2 Å². The summed E-state index contributed by atoms with van der Waals surface area (Å²) in [6.45, 7) is 4.65. The van der Waals surface area contributed by atoms with Crippen LogP contribution in [0.4, 0.5) is 0 Å². The Morgan fingerprint density at radius 2 is 2.00 bits per heavy atom. The largest absolute Gasteiger partial charge is 0.399 e. The highest BCUT2D eigenvalue weighted by Crippen LogP contribution is 1.98. The molecule has 3 nitrogen and oxygen atoms in total. The Labute approximate surface area is 86.0 Å². The van der Waals surface area contributed by atoms with E-state index in [9.17, 15) is 0 Å². The van der Waals surface area contributed by atoms with Gasteiger partial charge in [0.15, 0.2) is 0 Å². The van der Waals surface area contributed by atoms with Gasteiger partial charge in [-0.25, -0.2) is 0 Å². The molecule has 0 aromatic rings. The summed E-state index contributed by atoms with van der Waals surface area (Å²) in [5.74, 6) is 0.